The Bertz CT molecular complexity index is 1000. The first-order chi connectivity index (χ1) is 13.6. The molecule has 3 N–H and O–H groups in total. The standard InChI is InChI=1S/C21H21FN4O2/c1-2-25-20-18(16(12-27)24-26(20)15-6-4-3-5-7-15)17(19(23)21(25)28)13-8-10-14(22)11-9-13/h3-11,17,19,27H,2,12,23H2,1H3/t17-,19-/m1/s1. The fraction of sp³-hybridized carbons (Fsp3) is 0.238. The van der Waals surface area contributed by atoms with Crippen molar-refractivity contribution < 1.29 is 14.3 Å². The molecule has 0 saturated carbocycles. The number of carbonyl (C=O) groups is 1. The van der Waals surface area contributed by atoms with Crippen molar-refractivity contribution in [1.82, 2.24) is 9.78 Å². The predicted octanol–water partition coefficient (Wildman–Crippen LogP) is 2.33. The van der Waals surface area contributed by atoms with Crippen LogP contribution >= 0.6 is 0 Å². The van der Waals surface area contributed by atoms with Crippen molar-refractivity contribution in [2.75, 3.05) is 11.4 Å². The van der Waals surface area contributed by atoms with Gasteiger partial charge in [0, 0.05) is 18.0 Å². The van der Waals surface area contributed by atoms with Crippen molar-refractivity contribution in [1.29, 1.82) is 0 Å². The Morgan fingerprint density at radius 1 is 1.14 bits per heavy atom. The zero-order valence-electron chi connectivity index (χ0n) is 15.4. The molecule has 0 unspecified atom stereocenters. The molecule has 6 nitrogen and oxygen atoms in total. The normalized spacial score (nSPS) is 19.0. The summed E-state index contributed by atoms with van der Waals surface area (Å²) >= 11 is 0. The van der Waals surface area contributed by atoms with E-state index in [9.17, 15) is 14.3 Å². The molecule has 1 aliphatic heterocycles. The number of halogens is 1. The summed E-state index contributed by atoms with van der Waals surface area (Å²) in [5.41, 5.74) is 8.98. The number of likely N-dealkylation sites (N-methyl/N-ethyl adjacent to an activating group) is 1. The third-order valence-electron chi connectivity index (χ3n) is 5.15. The fourth-order valence-corrected chi connectivity index (χ4v) is 3.87. The van der Waals surface area contributed by atoms with Crippen molar-refractivity contribution in [3.05, 3.63) is 77.2 Å². The van der Waals surface area contributed by atoms with Crippen molar-refractivity contribution >= 4 is 11.7 Å². The molecule has 0 fully saturated rings. The fourth-order valence-electron chi connectivity index (χ4n) is 3.87. The van der Waals surface area contributed by atoms with Gasteiger partial charge in [-0.3, -0.25) is 9.69 Å². The number of aromatic nitrogens is 2. The van der Waals surface area contributed by atoms with Gasteiger partial charge in [-0.05, 0) is 36.8 Å². The van der Waals surface area contributed by atoms with E-state index in [0.29, 0.717) is 29.2 Å². The average Bonchev–Trinajstić information content (AvgIpc) is 3.10. The Hall–Kier alpha value is -3.03. The van der Waals surface area contributed by atoms with Crippen molar-refractivity contribution in [2.45, 2.75) is 25.5 Å². The number of hydrogen-bond donors (Lipinski definition) is 2. The maximum Gasteiger partial charge on any atom is 0.246 e. The lowest BCUT2D eigenvalue weighted by Crippen LogP contribution is -2.52. The Kier molecular flexibility index (Phi) is 4.70. The van der Waals surface area contributed by atoms with E-state index in [2.05, 4.69) is 5.10 Å². The molecule has 0 spiro atoms. The SMILES string of the molecule is CCN1C(=O)[C@H](N)[C@H](c2ccc(F)cc2)c2c(CO)nn(-c3ccccc3)c21. The van der Waals surface area contributed by atoms with Crippen LogP contribution < -0.4 is 10.6 Å². The number of amides is 1. The average molecular weight is 380 g/mol. The molecular formula is C21H21FN4O2. The predicted molar refractivity (Wildman–Crippen MR) is 104 cm³/mol. The first-order valence-electron chi connectivity index (χ1n) is 9.17. The summed E-state index contributed by atoms with van der Waals surface area (Å²) in [5, 5.41) is 14.6. The van der Waals surface area contributed by atoms with Crippen molar-refractivity contribution in [3.63, 3.8) is 0 Å². The third kappa shape index (κ3) is 2.80. The minimum absolute atomic E-state index is 0.231. The summed E-state index contributed by atoms with van der Waals surface area (Å²) < 4.78 is 15.1. The van der Waals surface area contributed by atoms with Crippen LogP contribution in [-0.2, 0) is 11.4 Å². The number of hydrogen-bond acceptors (Lipinski definition) is 4. The highest BCUT2D eigenvalue weighted by molar-refractivity contribution is 6.01. The number of benzene rings is 2. The number of anilines is 1. The molecule has 3 aromatic rings. The molecule has 0 saturated heterocycles. The minimum Gasteiger partial charge on any atom is -0.390 e. The van der Waals surface area contributed by atoms with E-state index in [0.717, 1.165) is 5.69 Å². The number of aliphatic hydroxyl groups is 1. The minimum atomic E-state index is -0.850. The van der Waals surface area contributed by atoms with Crippen LogP contribution in [0.5, 0.6) is 0 Å². The van der Waals surface area contributed by atoms with E-state index in [1.807, 2.05) is 37.3 Å². The molecule has 0 aliphatic carbocycles. The summed E-state index contributed by atoms with van der Waals surface area (Å²) in [6.45, 7) is 1.99. The molecule has 1 aliphatic rings. The van der Waals surface area contributed by atoms with E-state index in [1.165, 1.54) is 12.1 Å². The van der Waals surface area contributed by atoms with Crippen LogP contribution in [0.4, 0.5) is 10.2 Å². The van der Waals surface area contributed by atoms with Gasteiger partial charge in [0.15, 0.2) is 0 Å². The molecule has 2 atom stereocenters. The smallest absolute Gasteiger partial charge is 0.246 e. The second-order valence-corrected chi connectivity index (χ2v) is 6.73. The molecule has 4 rings (SSSR count). The number of carbonyl (C=O) groups excluding carboxylic acids is 1. The van der Waals surface area contributed by atoms with Gasteiger partial charge >= 0.3 is 0 Å². The van der Waals surface area contributed by atoms with Crippen LogP contribution in [0, 0.1) is 5.82 Å². The molecule has 1 aromatic heterocycles. The van der Waals surface area contributed by atoms with Gasteiger partial charge in [0.25, 0.3) is 0 Å². The molecule has 144 valence electrons. The summed E-state index contributed by atoms with van der Waals surface area (Å²) in [6, 6.07) is 14.5. The monoisotopic (exact) mass is 380 g/mol. The van der Waals surface area contributed by atoms with Crippen molar-refractivity contribution in [3.8, 4) is 5.69 Å². The van der Waals surface area contributed by atoms with Gasteiger partial charge in [0.2, 0.25) is 5.91 Å². The lowest BCUT2D eigenvalue weighted by Gasteiger charge is -2.36. The Morgan fingerprint density at radius 2 is 1.82 bits per heavy atom. The van der Waals surface area contributed by atoms with E-state index >= 15 is 0 Å². The molecule has 1 amide bonds. The van der Waals surface area contributed by atoms with Gasteiger partial charge in [0.05, 0.1) is 24.0 Å². The van der Waals surface area contributed by atoms with Crippen molar-refractivity contribution in [2.24, 2.45) is 5.73 Å². The maximum absolute atomic E-state index is 13.4. The molecular weight excluding hydrogens is 359 g/mol. The Labute approximate surface area is 162 Å². The van der Waals surface area contributed by atoms with Gasteiger partial charge in [-0.15, -0.1) is 0 Å². The lowest BCUT2D eigenvalue weighted by atomic mass is 9.81. The number of nitrogens with two attached hydrogens (primary N) is 1. The van der Waals surface area contributed by atoms with Gasteiger partial charge in [-0.2, -0.15) is 5.10 Å². The highest BCUT2D eigenvalue weighted by Crippen LogP contribution is 2.42. The highest BCUT2D eigenvalue weighted by Gasteiger charge is 2.43. The number of rotatable bonds is 4. The molecule has 0 bridgehead atoms. The van der Waals surface area contributed by atoms with Gasteiger partial charge in [-0.25, -0.2) is 9.07 Å². The number of fused-ring (bicyclic) bond motifs is 1. The molecule has 2 aromatic carbocycles. The summed E-state index contributed by atoms with van der Waals surface area (Å²) in [5.74, 6) is -0.521. The van der Waals surface area contributed by atoms with E-state index in [-0.39, 0.29) is 18.3 Å². The van der Waals surface area contributed by atoms with E-state index in [4.69, 9.17) is 5.73 Å². The first-order valence-corrected chi connectivity index (χ1v) is 9.17. The second-order valence-electron chi connectivity index (χ2n) is 6.73. The van der Waals surface area contributed by atoms with Crippen LogP contribution in [0.1, 0.15) is 29.7 Å². The zero-order valence-corrected chi connectivity index (χ0v) is 15.4. The quantitative estimate of drug-likeness (QED) is 0.728. The highest BCUT2D eigenvalue weighted by atomic mass is 19.1. The topological polar surface area (TPSA) is 84.4 Å². The van der Waals surface area contributed by atoms with Crippen LogP contribution in [0.25, 0.3) is 5.69 Å². The Morgan fingerprint density at radius 3 is 2.43 bits per heavy atom. The van der Waals surface area contributed by atoms with Crippen LogP contribution in [0.3, 0.4) is 0 Å². The van der Waals surface area contributed by atoms with Crippen LogP contribution in [0.15, 0.2) is 54.6 Å². The van der Waals surface area contributed by atoms with Crippen LogP contribution in [-0.4, -0.2) is 33.4 Å². The number of nitrogens with zero attached hydrogens (tertiary/aromatic N) is 3. The van der Waals surface area contributed by atoms with Gasteiger partial charge in [-0.1, -0.05) is 30.3 Å². The molecule has 28 heavy (non-hydrogen) atoms. The molecule has 2 heterocycles. The summed E-state index contributed by atoms with van der Waals surface area (Å²) in [6.07, 6.45) is 0. The molecule has 0 radical (unpaired) electrons. The first kappa shape index (κ1) is 18.3. The zero-order chi connectivity index (χ0) is 19.8. The summed E-state index contributed by atoms with van der Waals surface area (Å²) in [4.78, 5) is 14.7. The maximum atomic E-state index is 13.4. The van der Waals surface area contributed by atoms with E-state index in [1.54, 1.807) is 21.7 Å². The lowest BCUT2D eigenvalue weighted by molar-refractivity contribution is -0.120. The number of aliphatic hydroxyl groups excluding tert-OH is 1. The summed E-state index contributed by atoms with van der Waals surface area (Å²) in [7, 11) is 0. The number of para-hydroxylation sites is 1. The Balaban J connectivity index is 2.00. The molecule has 7 heteroatoms. The third-order valence-corrected chi connectivity index (χ3v) is 5.15. The van der Waals surface area contributed by atoms with Gasteiger partial charge < -0.3 is 10.8 Å². The largest absolute Gasteiger partial charge is 0.390 e. The van der Waals surface area contributed by atoms with Crippen LogP contribution in [0.2, 0.25) is 0 Å². The second kappa shape index (κ2) is 7.18. The van der Waals surface area contributed by atoms with Gasteiger partial charge in [0.1, 0.15) is 11.6 Å². The van der Waals surface area contributed by atoms with E-state index < -0.39 is 12.0 Å².